The SMILES string of the molecule is COc1ccc(NC(=O)c2ccc3c(c2)N(C)C(=O)c2ccccc2[S+]3[O-])cc1. The Hall–Kier alpha value is -3.29. The van der Waals surface area contributed by atoms with E-state index in [4.69, 9.17) is 4.74 Å². The van der Waals surface area contributed by atoms with Gasteiger partial charge in [-0.1, -0.05) is 12.1 Å². The number of nitrogens with one attached hydrogen (secondary N) is 1. The molecule has 0 aromatic heterocycles. The lowest BCUT2D eigenvalue weighted by atomic mass is 10.1. The first-order valence-corrected chi connectivity index (χ1v) is 10.0. The Kier molecular flexibility index (Phi) is 5.00. The van der Waals surface area contributed by atoms with Crippen LogP contribution in [0.5, 0.6) is 5.75 Å². The summed E-state index contributed by atoms with van der Waals surface area (Å²) in [5, 5.41) is 2.81. The molecule has 29 heavy (non-hydrogen) atoms. The Morgan fingerprint density at radius 2 is 1.76 bits per heavy atom. The lowest BCUT2D eigenvalue weighted by Gasteiger charge is -2.17. The predicted octanol–water partition coefficient (Wildman–Crippen LogP) is 3.70. The fourth-order valence-electron chi connectivity index (χ4n) is 3.17. The van der Waals surface area contributed by atoms with Gasteiger partial charge in [0.15, 0.2) is 9.79 Å². The van der Waals surface area contributed by atoms with E-state index in [9.17, 15) is 14.1 Å². The highest BCUT2D eigenvalue weighted by Crippen LogP contribution is 2.36. The summed E-state index contributed by atoms with van der Waals surface area (Å²) in [6.45, 7) is 0. The molecule has 0 radical (unpaired) electrons. The van der Waals surface area contributed by atoms with Crippen molar-refractivity contribution >= 4 is 34.4 Å². The molecule has 0 fully saturated rings. The number of nitrogens with zero attached hydrogens (tertiary/aromatic N) is 1. The number of carbonyl (C=O) groups excluding carboxylic acids is 2. The van der Waals surface area contributed by atoms with Gasteiger partial charge in [-0.05, 0) is 54.6 Å². The van der Waals surface area contributed by atoms with Crippen LogP contribution in [0.2, 0.25) is 0 Å². The molecule has 3 aromatic carbocycles. The van der Waals surface area contributed by atoms with Gasteiger partial charge in [0, 0.05) is 29.5 Å². The molecule has 1 atom stereocenters. The van der Waals surface area contributed by atoms with E-state index in [0.29, 0.717) is 38.0 Å². The van der Waals surface area contributed by atoms with E-state index in [2.05, 4.69) is 5.32 Å². The molecular formula is C22H18N2O4S. The summed E-state index contributed by atoms with van der Waals surface area (Å²) < 4.78 is 18.2. The maximum atomic E-state index is 13.1. The minimum Gasteiger partial charge on any atom is -0.606 e. The lowest BCUT2D eigenvalue weighted by Crippen LogP contribution is -2.26. The third-order valence-corrected chi connectivity index (χ3v) is 6.25. The van der Waals surface area contributed by atoms with E-state index in [0.717, 1.165) is 0 Å². The van der Waals surface area contributed by atoms with Crippen molar-refractivity contribution < 1.29 is 18.9 Å². The number of ether oxygens (including phenoxy) is 1. The molecule has 0 saturated heterocycles. The van der Waals surface area contributed by atoms with Crippen LogP contribution in [-0.4, -0.2) is 30.5 Å². The number of fused-ring (bicyclic) bond motifs is 2. The van der Waals surface area contributed by atoms with Gasteiger partial charge in [0.2, 0.25) is 0 Å². The summed E-state index contributed by atoms with van der Waals surface area (Å²) in [7, 11) is 3.19. The molecule has 1 unspecified atom stereocenters. The average Bonchev–Trinajstić information content (AvgIpc) is 2.84. The van der Waals surface area contributed by atoms with Crippen molar-refractivity contribution in [2.75, 3.05) is 24.4 Å². The molecule has 1 aliphatic heterocycles. The molecule has 1 aliphatic rings. The molecule has 6 nitrogen and oxygen atoms in total. The van der Waals surface area contributed by atoms with Crippen LogP contribution in [-0.2, 0) is 11.2 Å². The molecule has 7 heteroatoms. The number of hydrogen-bond donors (Lipinski definition) is 1. The lowest BCUT2D eigenvalue weighted by molar-refractivity contribution is 0.0987. The number of methoxy groups -OCH3 is 1. The number of anilines is 2. The third-order valence-electron chi connectivity index (χ3n) is 4.75. The second kappa shape index (κ2) is 7.62. The molecule has 1 heterocycles. The maximum Gasteiger partial charge on any atom is 0.263 e. The Labute approximate surface area is 171 Å². The van der Waals surface area contributed by atoms with Crippen LogP contribution in [0.1, 0.15) is 20.7 Å². The van der Waals surface area contributed by atoms with Gasteiger partial charge >= 0.3 is 0 Å². The second-order valence-corrected chi connectivity index (χ2v) is 7.91. The van der Waals surface area contributed by atoms with E-state index in [1.807, 2.05) is 0 Å². The van der Waals surface area contributed by atoms with Crippen molar-refractivity contribution in [2.45, 2.75) is 9.79 Å². The Morgan fingerprint density at radius 3 is 2.48 bits per heavy atom. The zero-order valence-corrected chi connectivity index (χ0v) is 16.7. The highest BCUT2D eigenvalue weighted by molar-refractivity contribution is 7.91. The first kappa shape index (κ1) is 19.0. The van der Waals surface area contributed by atoms with Crippen molar-refractivity contribution in [3.05, 3.63) is 77.9 Å². The summed E-state index contributed by atoms with van der Waals surface area (Å²) in [4.78, 5) is 28.0. The zero-order valence-electron chi connectivity index (χ0n) is 15.8. The quantitative estimate of drug-likeness (QED) is 0.673. The molecular weight excluding hydrogens is 388 g/mol. The van der Waals surface area contributed by atoms with E-state index in [1.54, 1.807) is 80.9 Å². The summed E-state index contributed by atoms with van der Waals surface area (Å²) >= 11 is -1.52. The fraction of sp³-hybridized carbons (Fsp3) is 0.0909. The van der Waals surface area contributed by atoms with Gasteiger partial charge in [0.25, 0.3) is 11.8 Å². The minimum absolute atomic E-state index is 0.264. The van der Waals surface area contributed by atoms with Crippen LogP contribution in [0.3, 0.4) is 0 Å². The van der Waals surface area contributed by atoms with E-state index in [1.165, 1.54) is 4.90 Å². The molecule has 0 bridgehead atoms. The van der Waals surface area contributed by atoms with Crippen molar-refractivity contribution in [2.24, 2.45) is 0 Å². The van der Waals surface area contributed by atoms with Crippen molar-refractivity contribution in [1.29, 1.82) is 0 Å². The Bertz CT molecular complexity index is 1100. The molecule has 0 spiro atoms. The molecule has 146 valence electrons. The number of rotatable bonds is 3. The van der Waals surface area contributed by atoms with E-state index >= 15 is 0 Å². The van der Waals surface area contributed by atoms with Gasteiger partial charge in [-0.2, -0.15) is 0 Å². The summed E-state index contributed by atoms with van der Waals surface area (Å²) in [6, 6.07) is 18.7. The maximum absolute atomic E-state index is 13.1. The number of amides is 2. The van der Waals surface area contributed by atoms with Crippen LogP contribution >= 0.6 is 0 Å². The Morgan fingerprint density at radius 1 is 1.03 bits per heavy atom. The van der Waals surface area contributed by atoms with E-state index < -0.39 is 11.2 Å². The van der Waals surface area contributed by atoms with Crippen molar-refractivity contribution in [1.82, 2.24) is 0 Å². The van der Waals surface area contributed by atoms with Crippen LogP contribution in [0.25, 0.3) is 0 Å². The van der Waals surface area contributed by atoms with Gasteiger partial charge in [-0.25, -0.2) is 0 Å². The van der Waals surface area contributed by atoms with Gasteiger partial charge in [0.05, 0.1) is 12.7 Å². The molecule has 3 aromatic rings. The first-order chi connectivity index (χ1) is 14.0. The first-order valence-electron chi connectivity index (χ1n) is 8.88. The summed E-state index contributed by atoms with van der Waals surface area (Å²) in [6.07, 6.45) is 0. The average molecular weight is 406 g/mol. The topological polar surface area (TPSA) is 81.7 Å². The molecule has 0 aliphatic carbocycles. The van der Waals surface area contributed by atoms with Crippen LogP contribution in [0.4, 0.5) is 11.4 Å². The summed E-state index contributed by atoms with van der Waals surface area (Å²) in [5.74, 6) is 0.0991. The fourth-order valence-corrected chi connectivity index (χ4v) is 4.54. The second-order valence-electron chi connectivity index (χ2n) is 6.49. The standard InChI is InChI=1S/C22H18N2O4S/c1-24-18-13-14(21(25)23-15-8-10-16(28-2)11-9-15)7-12-20(18)29(27)19-6-4-3-5-17(19)22(24)26/h3-13H,1-2H3,(H,23,25). The van der Waals surface area contributed by atoms with Gasteiger partial charge in [0.1, 0.15) is 11.4 Å². The molecule has 0 saturated carbocycles. The number of hydrogen-bond acceptors (Lipinski definition) is 4. The normalized spacial score (nSPS) is 15.2. The predicted molar refractivity (Wildman–Crippen MR) is 111 cm³/mol. The van der Waals surface area contributed by atoms with Gasteiger partial charge in [-0.15, -0.1) is 0 Å². The van der Waals surface area contributed by atoms with Crippen molar-refractivity contribution in [3.8, 4) is 5.75 Å². The zero-order chi connectivity index (χ0) is 20.5. The van der Waals surface area contributed by atoms with Crippen LogP contribution < -0.4 is 15.0 Å². The monoisotopic (exact) mass is 406 g/mol. The van der Waals surface area contributed by atoms with Gasteiger partial charge < -0.3 is 19.5 Å². The van der Waals surface area contributed by atoms with Crippen LogP contribution in [0, 0.1) is 0 Å². The van der Waals surface area contributed by atoms with Gasteiger partial charge in [-0.3, -0.25) is 9.59 Å². The van der Waals surface area contributed by atoms with Crippen LogP contribution in [0.15, 0.2) is 76.5 Å². The summed E-state index contributed by atoms with van der Waals surface area (Å²) in [5.41, 5.74) is 1.83. The van der Waals surface area contributed by atoms with Crippen molar-refractivity contribution in [3.63, 3.8) is 0 Å². The smallest absolute Gasteiger partial charge is 0.263 e. The number of carbonyl (C=O) groups is 2. The highest BCUT2D eigenvalue weighted by Gasteiger charge is 2.34. The Balaban J connectivity index is 1.67. The highest BCUT2D eigenvalue weighted by atomic mass is 32.2. The number of benzene rings is 3. The molecule has 4 rings (SSSR count). The molecule has 2 amide bonds. The third kappa shape index (κ3) is 3.46. The van der Waals surface area contributed by atoms with E-state index in [-0.39, 0.29) is 11.8 Å². The largest absolute Gasteiger partial charge is 0.606 e. The minimum atomic E-state index is -1.52. The molecule has 1 N–H and O–H groups in total.